The van der Waals surface area contributed by atoms with E-state index in [9.17, 15) is 8.42 Å². The monoisotopic (exact) mass is 349 g/mol. The molecule has 2 N–H and O–H groups in total. The summed E-state index contributed by atoms with van der Waals surface area (Å²) in [4.78, 5) is 4.14. The number of para-hydroxylation sites is 1. The summed E-state index contributed by atoms with van der Waals surface area (Å²) in [5.74, 6) is 1.26. The van der Waals surface area contributed by atoms with Gasteiger partial charge < -0.3 is 10.1 Å². The van der Waals surface area contributed by atoms with Crippen molar-refractivity contribution >= 4 is 21.5 Å². The number of nitrogens with one attached hydrogen (secondary N) is 2. The maximum atomic E-state index is 11.8. The Morgan fingerprint density at radius 2 is 1.96 bits per heavy atom. The molecular weight excluding hydrogens is 326 g/mol. The van der Waals surface area contributed by atoms with Crippen molar-refractivity contribution in [2.75, 3.05) is 22.9 Å². The van der Waals surface area contributed by atoms with E-state index in [1.165, 1.54) is 0 Å². The van der Waals surface area contributed by atoms with Crippen molar-refractivity contribution < 1.29 is 13.2 Å². The molecular formula is C17H23N3O3S. The van der Waals surface area contributed by atoms with Crippen molar-refractivity contribution in [1.82, 2.24) is 4.98 Å². The number of methoxy groups -OCH3 is 1. The number of unbranched alkanes of at least 4 members (excludes halogenated alkanes) is 1. The van der Waals surface area contributed by atoms with Crippen LogP contribution in [0.25, 0.3) is 0 Å². The lowest BCUT2D eigenvalue weighted by molar-refractivity contribution is 0.410. The summed E-state index contributed by atoms with van der Waals surface area (Å²) in [6.07, 6.45) is 3.07. The first-order valence-corrected chi connectivity index (χ1v) is 9.51. The van der Waals surface area contributed by atoms with E-state index >= 15 is 0 Å². The highest BCUT2D eigenvalue weighted by Gasteiger charge is 2.10. The second-order valence-electron chi connectivity index (χ2n) is 5.37. The Bertz CT molecular complexity index is 746. The van der Waals surface area contributed by atoms with Gasteiger partial charge in [0.25, 0.3) is 0 Å². The lowest BCUT2D eigenvalue weighted by Gasteiger charge is -2.11. The highest BCUT2D eigenvalue weighted by atomic mass is 32.2. The first-order chi connectivity index (χ1) is 11.5. The Hall–Kier alpha value is -2.28. The lowest BCUT2D eigenvalue weighted by atomic mass is 10.2. The van der Waals surface area contributed by atoms with E-state index in [1.807, 2.05) is 31.2 Å². The molecule has 0 amide bonds. The van der Waals surface area contributed by atoms with Gasteiger partial charge in [0.1, 0.15) is 11.6 Å². The number of hydrogen-bond donors (Lipinski definition) is 2. The number of hydrogen-bond acceptors (Lipinski definition) is 5. The molecule has 2 rings (SSSR count). The first kappa shape index (κ1) is 18.1. The second kappa shape index (κ2) is 8.54. The van der Waals surface area contributed by atoms with Gasteiger partial charge in [-0.2, -0.15) is 0 Å². The van der Waals surface area contributed by atoms with Crippen LogP contribution in [-0.2, 0) is 16.6 Å². The first-order valence-electron chi connectivity index (χ1n) is 7.86. The zero-order chi connectivity index (χ0) is 17.4. The second-order valence-corrected chi connectivity index (χ2v) is 7.21. The van der Waals surface area contributed by atoms with Crippen molar-refractivity contribution in [2.45, 2.75) is 26.3 Å². The van der Waals surface area contributed by atoms with Crippen molar-refractivity contribution in [2.24, 2.45) is 0 Å². The summed E-state index contributed by atoms with van der Waals surface area (Å²) in [5, 5.41) is 3.24. The summed E-state index contributed by atoms with van der Waals surface area (Å²) < 4.78 is 31.5. The molecule has 0 atom stereocenters. The van der Waals surface area contributed by atoms with Gasteiger partial charge in [-0.1, -0.05) is 31.5 Å². The molecule has 0 spiro atoms. The summed E-state index contributed by atoms with van der Waals surface area (Å²) in [6.45, 7) is 2.54. The highest BCUT2D eigenvalue weighted by Crippen LogP contribution is 2.19. The smallest absolute Gasteiger partial charge is 0.233 e. The molecule has 1 aromatic heterocycles. The summed E-state index contributed by atoms with van der Waals surface area (Å²) in [5.41, 5.74) is 1.83. The van der Waals surface area contributed by atoms with Crippen LogP contribution in [0.15, 0.2) is 42.6 Å². The normalized spacial score (nSPS) is 11.1. The van der Waals surface area contributed by atoms with Gasteiger partial charge in [-0.25, -0.2) is 13.4 Å². The van der Waals surface area contributed by atoms with Gasteiger partial charge in [0, 0.05) is 12.1 Å². The molecule has 0 radical (unpaired) electrons. The maximum absolute atomic E-state index is 11.8. The van der Waals surface area contributed by atoms with E-state index < -0.39 is 10.0 Å². The largest absolute Gasteiger partial charge is 0.496 e. The molecule has 0 saturated heterocycles. The number of aromatic nitrogens is 1. The minimum Gasteiger partial charge on any atom is -0.496 e. The topological polar surface area (TPSA) is 80.3 Å². The average molecular weight is 349 g/mol. The average Bonchev–Trinajstić information content (AvgIpc) is 2.59. The highest BCUT2D eigenvalue weighted by molar-refractivity contribution is 7.92. The zero-order valence-corrected chi connectivity index (χ0v) is 14.8. The Labute approximate surface area is 143 Å². The van der Waals surface area contributed by atoms with Crippen LogP contribution >= 0.6 is 0 Å². The Morgan fingerprint density at radius 1 is 1.17 bits per heavy atom. The molecule has 130 valence electrons. The number of rotatable bonds is 9. The Kier molecular flexibility index (Phi) is 6.43. The van der Waals surface area contributed by atoms with Crippen molar-refractivity contribution in [3.8, 4) is 5.75 Å². The minimum absolute atomic E-state index is 0.110. The number of benzene rings is 1. The van der Waals surface area contributed by atoms with Crippen LogP contribution in [0.4, 0.5) is 11.5 Å². The molecule has 24 heavy (non-hydrogen) atoms. The van der Waals surface area contributed by atoms with Crippen LogP contribution in [-0.4, -0.2) is 26.3 Å². The van der Waals surface area contributed by atoms with Gasteiger partial charge in [0.15, 0.2) is 0 Å². The molecule has 1 aromatic carbocycles. The van der Waals surface area contributed by atoms with E-state index in [2.05, 4.69) is 15.0 Å². The molecule has 0 aliphatic carbocycles. The van der Waals surface area contributed by atoms with E-state index in [4.69, 9.17) is 4.74 Å². The van der Waals surface area contributed by atoms with E-state index in [0.717, 1.165) is 23.4 Å². The van der Waals surface area contributed by atoms with Crippen LogP contribution in [0.3, 0.4) is 0 Å². The molecule has 1 heterocycles. The van der Waals surface area contributed by atoms with Gasteiger partial charge in [-0.05, 0) is 24.6 Å². The van der Waals surface area contributed by atoms with Gasteiger partial charge in [0.2, 0.25) is 10.0 Å². The summed E-state index contributed by atoms with van der Waals surface area (Å²) >= 11 is 0. The van der Waals surface area contributed by atoms with Gasteiger partial charge in [0.05, 0.1) is 24.7 Å². The minimum atomic E-state index is -3.32. The van der Waals surface area contributed by atoms with Crippen LogP contribution in [0.5, 0.6) is 5.75 Å². The van der Waals surface area contributed by atoms with E-state index in [-0.39, 0.29) is 5.75 Å². The van der Waals surface area contributed by atoms with Crippen molar-refractivity contribution in [3.05, 3.63) is 48.2 Å². The number of sulfonamides is 1. The fourth-order valence-electron chi connectivity index (χ4n) is 2.15. The van der Waals surface area contributed by atoms with Crippen LogP contribution < -0.4 is 14.8 Å². The van der Waals surface area contributed by atoms with Gasteiger partial charge in [-0.3, -0.25) is 4.72 Å². The zero-order valence-electron chi connectivity index (χ0n) is 14.0. The third kappa shape index (κ3) is 5.42. The maximum Gasteiger partial charge on any atom is 0.233 e. The molecule has 0 aliphatic heterocycles. The fraction of sp³-hybridized carbons (Fsp3) is 0.353. The van der Waals surface area contributed by atoms with Crippen molar-refractivity contribution in [3.63, 3.8) is 0 Å². The number of anilines is 2. The summed E-state index contributed by atoms with van der Waals surface area (Å²) in [6, 6.07) is 11.2. The molecule has 6 nitrogen and oxygen atoms in total. The summed E-state index contributed by atoms with van der Waals surface area (Å²) in [7, 11) is -1.68. The molecule has 7 heteroatoms. The molecule has 0 fully saturated rings. The molecule has 0 aliphatic rings. The fourth-order valence-corrected chi connectivity index (χ4v) is 3.36. The van der Waals surface area contributed by atoms with Crippen LogP contribution in [0.1, 0.15) is 25.3 Å². The predicted octanol–water partition coefficient (Wildman–Crippen LogP) is 3.24. The van der Waals surface area contributed by atoms with Crippen LogP contribution in [0.2, 0.25) is 0 Å². The molecule has 0 unspecified atom stereocenters. The van der Waals surface area contributed by atoms with Crippen LogP contribution in [0, 0.1) is 0 Å². The van der Waals surface area contributed by atoms with Crippen molar-refractivity contribution in [1.29, 1.82) is 0 Å². The molecule has 0 bridgehead atoms. The lowest BCUT2D eigenvalue weighted by Crippen LogP contribution is -2.17. The Balaban J connectivity index is 1.95. The SMILES string of the molecule is CCCCS(=O)(=O)Nc1ccc(NCc2ccccc2OC)cn1. The van der Waals surface area contributed by atoms with E-state index in [1.54, 1.807) is 25.4 Å². The van der Waals surface area contributed by atoms with Gasteiger partial charge >= 0.3 is 0 Å². The standard InChI is InChI=1S/C17H23N3O3S/c1-3-4-11-24(21,22)20-17-10-9-15(13-19-17)18-12-14-7-5-6-8-16(14)23-2/h5-10,13,18H,3-4,11-12H2,1-2H3,(H,19,20). The van der Waals surface area contributed by atoms with E-state index in [0.29, 0.717) is 18.8 Å². The predicted molar refractivity (Wildman–Crippen MR) is 96.9 cm³/mol. The Morgan fingerprint density at radius 3 is 2.62 bits per heavy atom. The van der Waals surface area contributed by atoms with Gasteiger partial charge in [-0.15, -0.1) is 0 Å². The number of nitrogens with zero attached hydrogens (tertiary/aromatic N) is 1. The quantitative estimate of drug-likeness (QED) is 0.726. The third-order valence-electron chi connectivity index (χ3n) is 3.47. The number of pyridine rings is 1. The number of ether oxygens (including phenoxy) is 1. The molecule has 0 saturated carbocycles. The molecule has 2 aromatic rings. The third-order valence-corrected chi connectivity index (χ3v) is 4.81.